The van der Waals surface area contributed by atoms with Crippen LogP contribution in [-0.4, -0.2) is 18.3 Å². The Kier molecular flexibility index (Phi) is 5.91. The number of rotatable bonds is 6. The molecule has 0 saturated carbocycles. The second kappa shape index (κ2) is 7.20. The van der Waals surface area contributed by atoms with Crippen LogP contribution in [0.25, 0.3) is 0 Å². The van der Waals surface area contributed by atoms with Gasteiger partial charge in [0.25, 0.3) is 0 Å². The molecular formula is C15H19NO2S. The third-order valence-corrected chi connectivity index (χ3v) is 4.63. The van der Waals surface area contributed by atoms with Crippen LogP contribution in [-0.2, 0) is 9.53 Å². The van der Waals surface area contributed by atoms with Gasteiger partial charge < -0.3 is 4.74 Å². The first-order chi connectivity index (χ1) is 8.99. The number of carbonyl (C=O) groups is 1. The number of esters is 1. The van der Waals surface area contributed by atoms with Gasteiger partial charge in [0, 0.05) is 16.6 Å². The molecule has 4 heteroatoms. The summed E-state index contributed by atoms with van der Waals surface area (Å²) in [7, 11) is 1.39. The van der Waals surface area contributed by atoms with E-state index in [0.29, 0.717) is 12.8 Å². The van der Waals surface area contributed by atoms with Crippen molar-refractivity contribution in [2.24, 2.45) is 5.41 Å². The SMILES string of the molecule is COC(=O)CC(C)(C)C(CC#N)Sc1ccccc1. The van der Waals surface area contributed by atoms with Crippen LogP contribution in [0.5, 0.6) is 0 Å². The molecule has 102 valence electrons. The minimum absolute atomic E-state index is 0.0546. The Morgan fingerprint density at radius 2 is 2.05 bits per heavy atom. The van der Waals surface area contributed by atoms with Crippen LogP contribution >= 0.6 is 11.8 Å². The van der Waals surface area contributed by atoms with E-state index in [2.05, 4.69) is 6.07 Å². The summed E-state index contributed by atoms with van der Waals surface area (Å²) < 4.78 is 4.73. The molecule has 1 rings (SSSR count). The highest BCUT2D eigenvalue weighted by atomic mass is 32.2. The van der Waals surface area contributed by atoms with E-state index in [9.17, 15) is 4.79 Å². The number of hydrogen-bond acceptors (Lipinski definition) is 4. The third kappa shape index (κ3) is 4.96. The van der Waals surface area contributed by atoms with Crippen molar-refractivity contribution in [2.45, 2.75) is 36.8 Å². The van der Waals surface area contributed by atoms with Gasteiger partial charge in [-0.3, -0.25) is 4.79 Å². The number of nitriles is 1. The molecule has 0 saturated heterocycles. The lowest BCUT2D eigenvalue weighted by atomic mass is 9.84. The minimum Gasteiger partial charge on any atom is -0.469 e. The fourth-order valence-electron chi connectivity index (χ4n) is 1.78. The molecule has 1 aromatic rings. The van der Waals surface area contributed by atoms with Crippen molar-refractivity contribution in [3.05, 3.63) is 30.3 Å². The van der Waals surface area contributed by atoms with Crippen LogP contribution in [0, 0.1) is 16.7 Å². The number of hydrogen-bond donors (Lipinski definition) is 0. The van der Waals surface area contributed by atoms with Gasteiger partial charge in [-0.25, -0.2) is 0 Å². The predicted octanol–water partition coefficient (Wildman–Crippen LogP) is 3.65. The summed E-state index contributed by atoms with van der Waals surface area (Å²) in [5.41, 5.74) is -0.288. The van der Waals surface area contributed by atoms with Gasteiger partial charge in [-0.05, 0) is 17.5 Å². The molecule has 19 heavy (non-hydrogen) atoms. The first-order valence-corrected chi connectivity index (χ1v) is 7.03. The topological polar surface area (TPSA) is 50.1 Å². The molecule has 0 fully saturated rings. The highest BCUT2D eigenvalue weighted by molar-refractivity contribution is 8.00. The van der Waals surface area contributed by atoms with Crippen LogP contribution < -0.4 is 0 Å². The monoisotopic (exact) mass is 277 g/mol. The largest absolute Gasteiger partial charge is 0.469 e. The van der Waals surface area contributed by atoms with Crippen molar-refractivity contribution in [1.82, 2.24) is 0 Å². The molecule has 0 bridgehead atoms. The Morgan fingerprint density at radius 3 is 2.58 bits per heavy atom. The maximum atomic E-state index is 11.5. The zero-order valence-electron chi connectivity index (χ0n) is 11.6. The number of benzene rings is 1. The lowest BCUT2D eigenvalue weighted by molar-refractivity contribution is -0.142. The Bertz CT molecular complexity index is 451. The van der Waals surface area contributed by atoms with E-state index in [1.54, 1.807) is 11.8 Å². The van der Waals surface area contributed by atoms with E-state index in [1.807, 2.05) is 44.2 Å². The first-order valence-electron chi connectivity index (χ1n) is 6.15. The summed E-state index contributed by atoms with van der Waals surface area (Å²) in [5.74, 6) is -0.235. The quantitative estimate of drug-likeness (QED) is 0.588. The van der Waals surface area contributed by atoms with E-state index in [4.69, 9.17) is 10.00 Å². The van der Waals surface area contributed by atoms with E-state index in [1.165, 1.54) is 7.11 Å². The van der Waals surface area contributed by atoms with Crippen molar-refractivity contribution >= 4 is 17.7 Å². The molecule has 0 aliphatic carbocycles. The van der Waals surface area contributed by atoms with Crippen LogP contribution in [0.1, 0.15) is 26.7 Å². The molecule has 3 nitrogen and oxygen atoms in total. The third-order valence-electron chi connectivity index (χ3n) is 3.00. The second-order valence-corrected chi connectivity index (χ2v) is 6.30. The molecule has 0 amide bonds. The van der Waals surface area contributed by atoms with Gasteiger partial charge in [-0.15, -0.1) is 11.8 Å². The molecule has 0 aliphatic heterocycles. The van der Waals surface area contributed by atoms with Gasteiger partial charge in [0.05, 0.1) is 19.6 Å². The van der Waals surface area contributed by atoms with Gasteiger partial charge in [-0.1, -0.05) is 32.0 Å². The summed E-state index contributed by atoms with van der Waals surface area (Å²) in [5, 5.41) is 9.04. The zero-order valence-corrected chi connectivity index (χ0v) is 12.4. The molecule has 0 radical (unpaired) electrons. The highest BCUT2D eigenvalue weighted by Gasteiger charge is 2.33. The molecule has 0 aromatic heterocycles. The predicted molar refractivity (Wildman–Crippen MR) is 76.7 cm³/mol. The van der Waals surface area contributed by atoms with Crippen LogP contribution in [0.3, 0.4) is 0 Å². The minimum atomic E-state index is -0.288. The average Bonchev–Trinajstić information content (AvgIpc) is 2.39. The first kappa shape index (κ1) is 15.6. The summed E-state index contributed by atoms with van der Waals surface area (Å²) in [6.45, 7) is 4.00. The van der Waals surface area contributed by atoms with E-state index in [0.717, 1.165) is 4.90 Å². The van der Waals surface area contributed by atoms with Crippen molar-refractivity contribution in [3.8, 4) is 6.07 Å². The van der Waals surface area contributed by atoms with Crippen LogP contribution in [0.15, 0.2) is 35.2 Å². The summed E-state index contributed by atoms with van der Waals surface area (Å²) in [6.07, 6.45) is 0.721. The molecule has 1 unspecified atom stereocenters. The number of nitrogens with zero attached hydrogens (tertiary/aromatic N) is 1. The van der Waals surface area contributed by atoms with Crippen LogP contribution in [0.4, 0.5) is 0 Å². The summed E-state index contributed by atoms with van der Waals surface area (Å²) in [6, 6.07) is 12.2. The van der Waals surface area contributed by atoms with Crippen molar-refractivity contribution in [1.29, 1.82) is 5.26 Å². The number of thioether (sulfide) groups is 1. The fourth-order valence-corrected chi connectivity index (χ4v) is 2.98. The number of carbonyl (C=O) groups excluding carboxylic acids is 1. The van der Waals surface area contributed by atoms with E-state index >= 15 is 0 Å². The maximum Gasteiger partial charge on any atom is 0.306 e. The summed E-state index contributed by atoms with van der Waals surface area (Å²) >= 11 is 1.64. The maximum absolute atomic E-state index is 11.5. The van der Waals surface area contributed by atoms with Gasteiger partial charge >= 0.3 is 5.97 Å². The van der Waals surface area contributed by atoms with Crippen molar-refractivity contribution in [2.75, 3.05) is 7.11 Å². The number of ether oxygens (including phenoxy) is 1. The molecule has 1 atom stereocenters. The van der Waals surface area contributed by atoms with Gasteiger partial charge in [0.1, 0.15) is 0 Å². The smallest absolute Gasteiger partial charge is 0.306 e. The number of methoxy groups -OCH3 is 1. The summed E-state index contributed by atoms with van der Waals surface area (Å²) in [4.78, 5) is 12.6. The Balaban J connectivity index is 2.82. The second-order valence-electron chi connectivity index (χ2n) is 5.02. The van der Waals surface area contributed by atoms with Gasteiger partial charge in [-0.2, -0.15) is 5.26 Å². The van der Waals surface area contributed by atoms with Crippen molar-refractivity contribution < 1.29 is 9.53 Å². The lowest BCUT2D eigenvalue weighted by Crippen LogP contribution is -2.29. The van der Waals surface area contributed by atoms with E-state index in [-0.39, 0.29) is 16.6 Å². The van der Waals surface area contributed by atoms with Crippen molar-refractivity contribution in [3.63, 3.8) is 0 Å². The van der Waals surface area contributed by atoms with Gasteiger partial charge in [0.15, 0.2) is 0 Å². The molecule has 1 aromatic carbocycles. The van der Waals surface area contributed by atoms with Gasteiger partial charge in [0.2, 0.25) is 0 Å². The molecule has 0 aliphatic rings. The molecule has 0 N–H and O–H groups in total. The Morgan fingerprint density at radius 1 is 1.42 bits per heavy atom. The fraction of sp³-hybridized carbons (Fsp3) is 0.467. The molecular weight excluding hydrogens is 258 g/mol. The molecule has 0 heterocycles. The standard InChI is InChI=1S/C15H19NO2S/c1-15(2,11-14(17)18-3)13(9-10-16)19-12-7-5-4-6-8-12/h4-8,13H,9,11H2,1-3H3. The van der Waals surface area contributed by atoms with E-state index < -0.39 is 0 Å². The lowest BCUT2D eigenvalue weighted by Gasteiger charge is -2.31. The Labute approximate surface area is 119 Å². The average molecular weight is 277 g/mol. The van der Waals surface area contributed by atoms with Crippen LogP contribution in [0.2, 0.25) is 0 Å². The Hall–Kier alpha value is -1.47. The zero-order chi connectivity index (χ0) is 14.3. The normalized spacial score (nSPS) is 12.5. The highest BCUT2D eigenvalue weighted by Crippen LogP contribution is 2.40. The molecule has 0 spiro atoms.